The van der Waals surface area contributed by atoms with Gasteiger partial charge >= 0.3 is 0 Å². The number of piperidine rings is 1. The monoisotopic (exact) mass is 538 g/mol. The highest BCUT2D eigenvalue weighted by Crippen LogP contribution is 2.13. The van der Waals surface area contributed by atoms with Crippen molar-refractivity contribution in [3.05, 3.63) is 34.3 Å². The van der Waals surface area contributed by atoms with Gasteiger partial charge in [-0.25, -0.2) is 0 Å². The molecule has 2 N–H and O–H groups in total. The first-order chi connectivity index (χ1) is 12.1. The first-order valence-electron chi connectivity index (χ1n) is 8.75. The number of ether oxygens (including phenoxy) is 1. The maximum Gasteiger partial charge on any atom is 0.251 e. The molecular weight excluding hydrogens is 511 g/mol. The number of likely N-dealkylation sites (tertiary alicyclic amines) is 1. The van der Waals surface area contributed by atoms with Crippen molar-refractivity contribution in [1.29, 1.82) is 0 Å². The van der Waals surface area contributed by atoms with E-state index < -0.39 is 0 Å². The minimum Gasteiger partial charge on any atom is -0.378 e. The smallest absolute Gasteiger partial charge is 0.251 e. The highest BCUT2D eigenvalue weighted by atomic mass is 127. The summed E-state index contributed by atoms with van der Waals surface area (Å²) in [5, 5.41) is 6.23. The zero-order chi connectivity index (χ0) is 18.1. The van der Waals surface area contributed by atoms with Crippen molar-refractivity contribution >= 4 is 51.8 Å². The number of amides is 1. The molecule has 1 aliphatic rings. The van der Waals surface area contributed by atoms with Crippen LogP contribution in [0.4, 0.5) is 0 Å². The highest BCUT2D eigenvalue weighted by Gasteiger charge is 2.21. The second kappa shape index (κ2) is 12.5. The van der Waals surface area contributed by atoms with Gasteiger partial charge in [0.15, 0.2) is 5.96 Å². The third-order valence-corrected chi connectivity index (χ3v) is 4.68. The highest BCUT2D eigenvalue weighted by molar-refractivity contribution is 14.0. The molecule has 1 saturated heterocycles. The summed E-state index contributed by atoms with van der Waals surface area (Å²) in [5.74, 6) is 0.814. The van der Waals surface area contributed by atoms with Crippen molar-refractivity contribution in [2.45, 2.75) is 25.9 Å². The lowest BCUT2D eigenvalue weighted by atomic mass is 10.1. The van der Waals surface area contributed by atoms with Gasteiger partial charge in [0.05, 0.1) is 6.10 Å². The number of benzene rings is 1. The number of nitrogens with one attached hydrogen (secondary N) is 2. The fourth-order valence-corrected chi connectivity index (χ4v) is 3.12. The molecule has 1 fully saturated rings. The fourth-order valence-electron chi connectivity index (χ4n) is 2.86. The Bertz CT molecular complexity index is 575. The van der Waals surface area contributed by atoms with Gasteiger partial charge in [-0.15, -0.1) is 24.0 Å². The van der Waals surface area contributed by atoms with E-state index in [1.54, 1.807) is 19.2 Å². The molecule has 2 rings (SSSR count). The second-order valence-corrected chi connectivity index (χ2v) is 6.79. The number of rotatable bonds is 6. The van der Waals surface area contributed by atoms with Gasteiger partial charge in [-0.3, -0.25) is 9.79 Å². The minimum absolute atomic E-state index is 0. The van der Waals surface area contributed by atoms with Gasteiger partial charge < -0.3 is 20.3 Å². The van der Waals surface area contributed by atoms with Crippen LogP contribution in [-0.2, 0) is 4.74 Å². The average Bonchev–Trinajstić information content (AvgIpc) is 2.63. The maximum absolute atomic E-state index is 12.1. The molecule has 0 unspecified atom stereocenters. The molecule has 0 atom stereocenters. The molecule has 26 heavy (non-hydrogen) atoms. The molecule has 8 heteroatoms. The standard InChI is InChI=1S/C18H27BrN4O2.HI/c1-3-25-16-8-12-23(13-9-16)18(20-2)22-11-10-21-17(24)14-4-6-15(19)7-5-14;/h4-7,16H,3,8-13H2,1-2H3,(H,20,22)(H,21,24);1H. The molecule has 1 aromatic carbocycles. The number of carbonyl (C=O) groups excluding carboxylic acids is 1. The van der Waals surface area contributed by atoms with Crippen LogP contribution in [-0.4, -0.2) is 62.7 Å². The molecule has 1 aliphatic heterocycles. The Morgan fingerprint density at radius 2 is 1.85 bits per heavy atom. The number of aliphatic imine (C=N–C) groups is 1. The van der Waals surface area contributed by atoms with Crippen molar-refractivity contribution in [1.82, 2.24) is 15.5 Å². The Morgan fingerprint density at radius 1 is 1.23 bits per heavy atom. The van der Waals surface area contributed by atoms with Crippen molar-refractivity contribution in [2.24, 2.45) is 4.99 Å². The predicted octanol–water partition coefficient (Wildman–Crippen LogP) is 2.87. The molecule has 0 aliphatic carbocycles. The normalized spacial score (nSPS) is 15.3. The third-order valence-electron chi connectivity index (χ3n) is 4.16. The summed E-state index contributed by atoms with van der Waals surface area (Å²) in [6.45, 7) is 5.87. The quantitative estimate of drug-likeness (QED) is 0.253. The molecule has 0 spiro atoms. The number of carbonyl (C=O) groups is 1. The Labute approximate surface area is 181 Å². The SMILES string of the molecule is CCOC1CCN(C(=NC)NCCNC(=O)c2ccc(Br)cc2)CC1.I. The van der Waals surface area contributed by atoms with Crippen LogP contribution >= 0.6 is 39.9 Å². The van der Waals surface area contributed by atoms with Crippen LogP contribution in [0.15, 0.2) is 33.7 Å². The third kappa shape index (κ3) is 7.40. The topological polar surface area (TPSA) is 66.0 Å². The summed E-state index contributed by atoms with van der Waals surface area (Å²) in [6.07, 6.45) is 2.41. The Balaban J connectivity index is 0.00000338. The van der Waals surface area contributed by atoms with Gasteiger partial charge in [0.25, 0.3) is 5.91 Å². The van der Waals surface area contributed by atoms with E-state index in [2.05, 4.69) is 36.5 Å². The predicted molar refractivity (Wildman–Crippen MR) is 119 cm³/mol. The number of guanidine groups is 1. The average molecular weight is 539 g/mol. The van der Waals surface area contributed by atoms with Gasteiger partial charge in [-0.2, -0.15) is 0 Å². The molecule has 1 heterocycles. The van der Waals surface area contributed by atoms with E-state index in [-0.39, 0.29) is 29.9 Å². The number of halogens is 2. The van der Waals surface area contributed by atoms with Gasteiger partial charge in [-0.1, -0.05) is 15.9 Å². The Morgan fingerprint density at radius 3 is 2.42 bits per heavy atom. The lowest BCUT2D eigenvalue weighted by molar-refractivity contribution is 0.0264. The van der Waals surface area contributed by atoms with Crippen molar-refractivity contribution < 1.29 is 9.53 Å². The van der Waals surface area contributed by atoms with Crippen LogP contribution in [0.25, 0.3) is 0 Å². The van der Waals surface area contributed by atoms with Crippen LogP contribution in [0.3, 0.4) is 0 Å². The van der Waals surface area contributed by atoms with E-state index in [4.69, 9.17) is 4.74 Å². The van der Waals surface area contributed by atoms with Crippen LogP contribution < -0.4 is 10.6 Å². The molecule has 0 aromatic heterocycles. The summed E-state index contributed by atoms with van der Waals surface area (Å²) in [6, 6.07) is 7.32. The molecule has 1 amide bonds. The van der Waals surface area contributed by atoms with Crippen molar-refractivity contribution in [2.75, 3.05) is 39.8 Å². The molecule has 146 valence electrons. The zero-order valence-corrected chi connectivity index (χ0v) is 19.2. The molecule has 1 aromatic rings. The maximum atomic E-state index is 12.1. The summed E-state index contributed by atoms with van der Waals surface area (Å²) < 4.78 is 6.64. The second-order valence-electron chi connectivity index (χ2n) is 5.88. The first kappa shape index (κ1) is 23.2. The molecule has 6 nitrogen and oxygen atoms in total. The van der Waals surface area contributed by atoms with Crippen LogP contribution in [0, 0.1) is 0 Å². The van der Waals surface area contributed by atoms with Crippen LogP contribution in [0.1, 0.15) is 30.1 Å². The largest absolute Gasteiger partial charge is 0.378 e. The van der Waals surface area contributed by atoms with Crippen LogP contribution in [0.2, 0.25) is 0 Å². The van der Waals surface area contributed by atoms with Gasteiger partial charge in [-0.05, 0) is 44.0 Å². The Hall–Kier alpha value is -0.870. The number of hydrogen-bond acceptors (Lipinski definition) is 3. The van der Waals surface area contributed by atoms with Crippen molar-refractivity contribution in [3.63, 3.8) is 0 Å². The summed E-state index contributed by atoms with van der Waals surface area (Å²) >= 11 is 3.36. The minimum atomic E-state index is -0.0678. The zero-order valence-electron chi connectivity index (χ0n) is 15.3. The van der Waals surface area contributed by atoms with E-state index >= 15 is 0 Å². The lowest BCUT2D eigenvalue weighted by Crippen LogP contribution is -2.48. The Kier molecular flexibility index (Phi) is 11.1. The molecular formula is C18H28BrIN4O2. The van der Waals surface area contributed by atoms with Gasteiger partial charge in [0, 0.05) is 49.9 Å². The summed E-state index contributed by atoms with van der Waals surface area (Å²) in [5.41, 5.74) is 0.658. The molecule has 0 saturated carbocycles. The van der Waals surface area contributed by atoms with E-state index in [1.807, 2.05) is 19.1 Å². The molecule has 0 radical (unpaired) electrons. The van der Waals surface area contributed by atoms with E-state index in [9.17, 15) is 4.79 Å². The van der Waals surface area contributed by atoms with Crippen molar-refractivity contribution in [3.8, 4) is 0 Å². The van der Waals surface area contributed by atoms with Gasteiger partial charge in [0.1, 0.15) is 0 Å². The number of nitrogens with zero attached hydrogens (tertiary/aromatic N) is 2. The fraction of sp³-hybridized carbons (Fsp3) is 0.556. The summed E-state index contributed by atoms with van der Waals surface area (Å²) in [4.78, 5) is 18.6. The van der Waals surface area contributed by atoms with E-state index in [0.29, 0.717) is 24.8 Å². The van der Waals surface area contributed by atoms with E-state index in [0.717, 1.165) is 43.0 Å². The molecule has 0 bridgehead atoms. The van der Waals surface area contributed by atoms with Crippen LogP contribution in [0.5, 0.6) is 0 Å². The number of hydrogen-bond donors (Lipinski definition) is 2. The summed E-state index contributed by atoms with van der Waals surface area (Å²) in [7, 11) is 1.79. The van der Waals surface area contributed by atoms with E-state index in [1.165, 1.54) is 0 Å². The van der Waals surface area contributed by atoms with Gasteiger partial charge in [0.2, 0.25) is 0 Å². The first-order valence-corrected chi connectivity index (χ1v) is 9.54. The lowest BCUT2D eigenvalue weighted by Gasteiger charge is -2.34.